The zero-order valence-electron chi connectivity index (χ0n) is 20.0. The van der Waals surface area contributed by atoms with Gasteiger partial charge in [-0.25, -0.2) is 4.98 Å². The lowest BCUT2D eigenvalue weighted by Gasteiger charge is -2.41. The highest BCUT2D eigenvalue weighted by Crippen LogP contribution is 2.64. The number of aromatic nitrogens is 4. The van der Waals surface area contributed by atoms with E-state index in [1.54, 1.807) is 13.3 Å². The number of anilines is 1. The molecule has 0 aliphatic heterocycles. The first-order chi connectivity index (χ1) is 16.8. The first-order valence-electron chi connectivity index (χ1n) is 12.4. The molecule has 4 aromatic rings. The van der Waals surface area contributed by atoms with Crippen LogP contribution in [0, 0.1) is 5.41 Å². The molecule has 35 heavy (non-hydrogen) atoms. The number of methoxy groups -OCH3 is 1. The van der Waals surface area contributed by atoms with Gasteiger partial charge in [0.05, 0.1) is 41.2 Å². The summed E-state index contributed by atoms with van der Waals surface area (Å²) in [5.74, 6) is 1.11. The molecule has 7 rings (SSSR count). The van der Waals surface area contributed by atoms with Crippen LogP contribution in [0.15, 0.2) is 41.5 Å². The maximum atomic E-state index is 13.6. The van der Waals surface area contributed by atoms with E-state index in [2.05, 4.69) is 4.98 Å². The Hall–Kier alpha value is -3.39. The maximum absolute atomic E-state index is 13.6. The van der Waals surface area contributed by atoms with E-state index in [0.717, 1.165) is 34.7 Å². The monoisotopic (exact) mass is 471 g/mol. The van der Waals surface area contributed by atoms with E-state index in [1.165, 1.54) is 12.8 Å². The van der Waals surface area contributed by atoms with Crippen molar-refractivity contribution in [1.29, 1.82) is 0 Å². The minimum atomic E-state index is -0.674. The average Bonchev–Trinajstić information content (AvgIpc) is 3.51. The van der Waals surface area contributed by atoms with Crippen LogP contribution in [-0.2, 0) is 0 Å². The van der Waals surface area contributed by atoms with Crippen LogP contribution in [-0.4, -0.2) is 37.1 Å². The van der Waals surface area contributed by atoms with E-state index >= 15 is 0 Å². The number of nitrogens with two attached hydrogens (primary N) is 1. The molecule has 3 saturated carbocycles. The highest BCUT2D eigenvalue weighted by Gasteiger charge is 2.53. The molecule has 3 N–H and O–H groups in total. The molecule has 1 spiro atoms. The number of fused-ring (bicyclic) bond motifs is 2. The lowest BCUT2D eigenvalue weighted by Crippen LogP contribution is -2.42. The van der Waals surface area contributed by atoms with E-state index in [9.17, 15) is 9.90 Å². The fourth-order valence-electron chi connectivity index (χ4n) is 6.35. The van der Waals surface area contributed by atoms with Gasteiger partial charge in [0, 0.05) is 23.2 Å². The summed E-state index contributed by atoms with van der Waals surface area (Å²) in [6.07, 6.45) is 9.54. The minimum absolute atomic E-state index is 0.00743. The highest BCUT2D eigenvalue weighted by molar-refractivity contribution is 6.02. The number of hydrogen-bond donors (Lipinski definition) is 2. The molecule has 3 heterocycles. The van der Waals surface area contributed by atoms with E-state index < -0.39 is 5.60 Å². The van der Waals surface area contributed by atoms with Gasteiger partial charge in [-0.15, -0.1) is 0 Å². The molecule has 0 atom stereocenters. The normalized spacial score (nSPS) is 25.1. The number of rotatable bonds is 4. The molecule has 8 heteroatoms. The number of nitrogens with zero attached hydrogens (tertiary/aromatic N) is 4. The molecule has 0 saturated heterocycles. The summed E-state index contributed by atoms with van der Waals surface area (Å²) in [6, 6.07) is 8.05. The molecule has 0 unspecified atom stereocenters. The van der Waals surface area contributed by atoms with Crippen molar-refractivity contribution in [2.45, 2.75) is 63.1 Å². The van der Waals surface area contributed by atoms with Crippen molar-refractivity contribution in [3.8, 4) is 17.0 Å². The number of nitrogen functional groups attached to an aromatic ring is 1. The Labute approximate surface area is 202 Å². The molecular formula is C27H29N5O3. The Balaban J connectivity index is 1.39. The van der Waals surface area contributed by atoms with Gasteiger partial charge in [0.2, 0.25) is 0 Å². The molecule has 3 aliphatic rings. The van der Waals surface area contributed by atoms with Gasteiger partial charge >= 0.3 is 0 Å². The van der Waals surface area contributed by atoms with Gasteiger partial charge in [0.1, 0.15) is 17.3 Å². The summed E-state index contributed by atoms with van der Waals surface area (Å²) in [6.45, 7) is 1.85. The number of pyridine rings is 2. The number of hydrogen-bond acceptors (Lipinski definition) is 6. The summed E-state index contributed by atoms with van der Waals surface area (Å²) in [5, 5.41) is 17.4. The fourth-order valence-corrected chi connectivity index (χ4v) is 6.35. The third-order valence-corrected chi connectivity index (χ3v) is 8.53. The van der Waals surface area contributed by atoms with Crippen molar-refractivity contribution in [2.75, 3.05) is 12.8 Å². The Bertz CT molecular complexity index is 1560. The molecule has 0 amide bonds. The molecule has 3 aromatic heterocycles. The fraction of sp³-hybridized carbons (Fsp3) is 0.444. The zero-order chi connectivity index (χ0) is 24.1. The van der Waals surface area contributed by atoms with Crippen LogP contribution in [0.4, 0.5) is 5.82 Å². The molecule has 3 fully saturated rings. The number of benzene rings is 1. The topological polar surface area (TPSA) is 108 Å². The predicted molar refractivity (Wildman–Crippen MR) is 135 cm³/mol. The molecular weight excluding hydrogens is 442 g/mol. The van der Waals surface area contributed by atoms with Crippen LogP contribution in [0.2, 0.25) is 0 Å². The largest absolute Gasteiger partial charge is 0.495 e. The van der Waals surface area contributed by atoms with E-state index in [0.29, 0.717) is 40.9 Å². The first kappa shape index (κ1) is 20.9. The number of ether oxygens (including phenoxy) is 1. The Morgan fingerprint density at radius 2 is 1.89 bits per heavy atom. The van der Waals surface area contributed by atoms with Crippen LogP contribution in [0.5, 0.6) is 5.75 Å². The molecule has 3 aliphatic carbocycles. The highest BCUT2D eigenvalue weighted by atomic mass is 16.5. The van der Waals surface area contributed by atoms with Crippen molar-refractivity contribution in [3.63, 3.8) is 0 Å². The third kappa shape index (κ3) is 3.05. The molecule has 0 bridgehead atoms. The second kappa shape index (κ2) is 6.85. The van der Waals surface area contributed by atoms with Crippen molar-refractivity contribution >= 4 is 27.5 Å². The molecule has 1 aromatic carbocycles. The standard InChI is InChI=1S/C27H29N5O3/c1-26(34)10-17(11-26)32-20-5-8-29-24(28)22(20)23(30-32)15-3-4-18-19(9-15)25(33)31(14-21(18)35-2)16-12-27(13-16)6-7-27/h3-5,8-9,14,16-17,34H,6-7,10-13H2,1-2H3,(H2,28,29). The minimum Gasteiger partial charge on any atom is -0.495 e. The lowest BCUT2D eigenvalue weighted by molar-refractivity contribution is -0.0529. The molecule has 180 valence electrons. The second-order valence-corrected chi connectivity index (χ2v) is 11.2. The van der Waals surface area contributed by atoms with Gasteiger partial charge in [0.15, 0.2) is 0 Å². The Morgan fingerprint density at radius 1 is 1.11 bits per heavy atom. The summed E-state index contributed by atoms with van der Waals surface area (Å²) < 4.78 is 9.52. The van der Waals surface area contributed by atoms with Crippen molar-refractivity contribution in [1.82, 2.24) is 19.3 Å². The Morgan fingerprint density at radius 3 is 2.57 bits per heavy atom. The summed E-state index contributed by atoms with van der Waals surface area (Å²) in [5.41, 5.74) is 8.57. The van der Waals surface area contributed by atoms with Crippen LogP contribution in [0.1, 0.15) is 57.5 Å². The van der Waals surface area contributed by atoms with Gasteiger partial charge in [0.25, 0.3) is 5.56 Å². The SMILES string of the molecule is COc1cn(C2CC3(CC3)C2)c(=O)c2cc(-c3nn(C4CC(C)(O)C4)c4ccnc(N)c34)ccc12. The van der Waals surface area contributed by atoms with Gasteiger partial charge in [-0.05, 0) is 69.1 Å². The lowest BCUT2D eigenvalue weighted by atomic mass is 9.76. The van der Waals surface area contributed by atoms with Crippen molar-refractivity contribution < 1.29 is 9.84 Å². The van der Waals surface area contributed by atoms with E-state index in [1.807, 2.05) is 46.6 Å². The second-order valence-electron chi connectivity index (χ2n) is 11.2. The maximum Gasteiger partial charge on any atom is 0.258 e. The van der Waals surface area contributed by atoms with Crippen molar-refractivity contribution in [3.05, 3.63) is 47.0 Å². The van der Waals surface area contributed by atoms with E-state index in [-0.39, 0.29) is 17.6 Å². The third-order valence-electron chi connectivity index (χ3n) is 8.53. The molecule has 8 nitrogen and oxygen atoms in total. The quantitative estimate of drug-likeness (QED) is 0.462. The molecule has 0 radical (unpaired) electrons. The summed E-state index contributed by atoms with van der Waals surface area (Å²) in [7, 11) is 1.65. The van der Waals surface area contributed by atoms with Gasteiger partial charge in [-0.1, -0.05) is 6.07 Å². The van der Waals surface area contributed by atoms with Crippen LogP contribution in [0.3, 0.4) is 0 Å². The van der Waals surface area contributed by atoms with E-state index in [4.69, 9.17) is 15.6 Å². The Kier molecular flexibility index (Phi) is 4.10. The van der Waals surface area contributed by atoms with Crippen molar-refractivity contribution in [2.24, 2.45) is 5.41 Å². The van der Waals surface area contributed by atoms with Gasteiger partial charge in [-0.2, -0.15) is 5.10 Å². The summed E-state index contributed by atoms with van der Waals surface area (Å²) in [4.78, 5) is 17.9. The zero-order valence-corrected chi connectivity index (χ0v) is 20.0. The summed E-state index contributed by atoms with van der Waals surface area (Å²) >= 11 is 0. The van der Waals surface area contributed by atoms with Crippen LogP contribution >= 0.6 is 0 Å². The number of aliphatic hydroxyl groups is 1. The van der Waals surface area contributed by atoms with Crippen LogP contribution < -0.4 is 16.0 Å². The first-order valence-corrected chi connectivity index (χ1v) is 12.4. The smallest absolute Gasteiger partial charge is 0.258 e. The van der Waals surface area contributed by atoms with Gasteiger partial charge < -0.3 is 20.1 Å². The average molecular weight is 472 g/mol. The van der Waals surface area contributed by atoms with Crippen LogP contribution in [0.25, 0.3) is 32.9 Å². The predicted octanol–water partition coefficient (Wildman–Crippen LogP) is 4.21. The van der Waals surface area contributed by atoms with Gasteiger partial charge in [-0.3, -0.25) is 9.48 Å².